The Balaban J connectivity index is 2.78. The Hall–Kier alpha value is -1.90. The minimum atomic E-state index is -0.818. The highest BCUT2D eigenvalue weighted by atomic mass is 16.3. The molecule has 0 saturated carbocycles. The quantitative estimate of drug-likeness (QED) is 0.631. The van der Waals surface area contributed by atoms with Gasteiger partial charge < -0.3 is 5.11 Å². The van der Waals surface area contributed by atoms with E-state index in [1.165, 1.54) is 0 Å². The second-order valence-corrected chi connectivity index (χ2v) is 3.18. The maximum absolute atomic E-state index is 11.4. The smallest absolute Gasteiger partial charge is 0.268 e. The largest absolute Gasteiger partial charge is 0.504 e. The van der Waals surface area contributed by atoms with Gasteiger partial charge in [0.15, 0.2) is 5.76 Å². The number of Topliss-reactive ketones (excluding diaryl/α,β-unsaturated/α-hetero) is 2. The van der Waals surface area contributed by atoms with Gasteiger partial charge in [0.2, 0.25) is 5.78 Å². The van der Waals surface area contributed by atoms with Crippen LogP contribution in [0, 0.1) is 0 Å². The molecule has 14 heavy (non-hydrogen) atoms. The molecule has 3 nitrogen and oxygen atoms in total. The number of fused-ring (bicyclic) bond motifs is 1. The monoisotopic (exact) mass is 188 g/mol. The van der Waals surface area contributed by atoms with Crippen LogP contribution in [0.25, 0.3) is 5.57 Å². The Morgan fingerprint density at radius 1 is 1.00 bits per heavy atom. The van der Waals surface area contributed by atoms with Gasteiger partial charge in [-0.25, -0.2) is 0 Å². The maximum atomic E-state index is 11.4. The number of aliphatic hydroxyl groups excluding tert-OH is 1. The number of rotatable bonds is 0. The van der Waals surface area contributed by atoms with Crippen molar-refractivity contribution in [1.82, 2.24) is 0 Å². The molecule has 2 rings (SSSR count). The van der Waals surface area contributed by atoms with E-state index in [1.54, 1.807) is 31.2 Å². The molecule has 0 unspecified atom stereocenters. The third-order valence-corrected chi connectivity index (χ3v) is 2.35. The Labute approximate surface area is 80.7 Å². The van der Waals surface area contributed by atoms with Gasteiger partial charge in [-0.05, 0) is 12.5 Å². The van der Waals surface area contributed by atoms with E-state index in [1.807, 2.05) is 0 Å². The topological polar surface area (TPSA) is 54.4 Å². The summed E-state index contributed by atoms with van der Waals surface area (Å²) in [6, 6.07) is 6.76. The van der Waals surface area contributed by atoms with Gasteiger partial charge in [0, 0.05) is 11.1 Å². The van der Waals surface area contributed by atoms with E-state index < -0.39 is 17.3 Å². The molecule has 1 aromatic carbocycles. The fraction of sp³-hybridized carbons (Fsp3) is 0.0909. The van der Waals surface area contributed by atoms with Gasteiger partial charge in [-0.1, -0.05) is 24.3 Å². The first-order chi connectivity index (χ1) is 6.63. The molecule has 0 saturated heterocycles. The number of ketones is 2. The third-order valence-electron chi connectivity index (χ3n) is 2.35. The highest BCUT2D eigenvalue weighted by Crippen LogP contribution is 2.27. The van der Waals surface area contributed by atoms with Crippen molar-refractivity contribution in [3.8, 4) is 0 Å². The number of carbonyl (C=O) groups excluding carboxylic acids is 2. The zero-order chi connectivity index (χ0) is 10.3. The minimum absolute atomic E-state index is 0.368. The third kappa shape index (κ3) is 0.988. The summed E-state index contributed by atoms with van der Waals surface area (Å²) < 4.78 is 0. The van der Waals surface area contributed by atoms with Crippen LogP contribution < -0.4 is 0 Å². The molecule has 0 radical (unpaired) electrons. The lowest BCUT2D eigenvalue weighted by atomic mass is 9.89. The fourth-order valence-corrected chi connectivity index (χ4v) is 1.54. The van der Waals surface area contributed by atoms with Crippen molar-refractivity contribution in [3.05, 3.63) is 41.2 Å². The molecule has 0 aliphatic heterocycles. The van der Waals surface area contributed by atoms with Gasteiger partial charge in [0.25, 0.3) is 5.78 Å². The molecule has 1 aliphatic rings. The van der Waals surface area contributed by atoms with E-state index in [4.69, 9.17) is 0 Å². The van der Waals surface area contributed by atoms with Crippen molar-refractivity contribution in [3.63, 3.8) is 0 Å². The fourth-order valence-electron chi connectivity index (χ4n) is 1.54. The van der Waals surface area contributed by atoms with E-state index in [0.29, 0.717) is 16.7 Å². The van der Waals surface area contributed by atoms with Crippen LogP contribution >= 0.6 is 0 Å². The molecule has 70 valence electrons. The summed E-state index contributed by atoms with van der Waals surface area (Å²) in [7, 11) is 0. The number of benzene rings is 1. The Morgan fingerprint density at radius 3 is 2.21 bits per heavy atom. The zero-order valence-corrected chi connectivity index (χ0v) is 7.57. The lowest BCUT2D eigenvalue weighted by Gasteiger charge is -2.14. The molecular weight excluding hydrogens is 180 g/mol. The SMILES string of the molecule is CC1=C(O)C(=O)C(=O)c2ccccc21. The number of carbonyl (C=O) groups is 2. The second kappa shape index (κ2) is 2.80. The van der Waals surface area contributed by atoms with Crippen LogP contribution in [-0.4, -0.2) is 16.7 Å². The molecule has 0 heterocycles. The van der Waals surface area contributed by atoms with Gasteiger partial charge in [-0.2, -0.15) is 0 Å². The predicted octanol–water partition coefficient (Wildman–Crippen LogP) is 1.74. The predicted molar refractivity (Wildman–Crippen MR) is 51.0 cm³/mol. The van der Waals surface area contributed by atoms with Gasteiger partial charge in [-0.15, -0.1) is 0 Å². The van der Waals surface area contributed by atoms with E-state index in [9.17, 15) is 14.7 Å². The molecule has 3 heteroatoms. The van der Waals surface area contributed by atoms with E-state index >= 15 is 0 Å². The van der Waals surface area contributed by atoms with E-state index in [2.05, 4.69) is 0 Å². The summed E-state index contributed by atoms with van der Waals surface area (Å²) in [4.78, 5) is 22.7. The van der Waals surface area contributed by atoms with Crippen molar-refractivity contribution in [2.24, 2.45) is 0 Å². The van der Waals surface area contributed by atoms with Gasteiger partial charge in [0.1, 0.15) is 0 Å². The molecule has 0 atom stereocenters. The molecule has 0 amide bonds. The summed E-state index contributed by atoms with van der Waals surface area (Å²) in [6.45, 7) is 1.62. The maximum Gasteiger partial charge on any atom is 0.268 e. The summed E-state index contributed by atoms with van der Waals surface area (Å²) in [6.07, 6.45) is 0. The van der Waals surface area contributed by atoms with Crippen LogP contribution in [0.3, 0.4) is 0 Å². The van der Waals surface area contributed by atoms with Crippen LogP contribution in [0.2, 0.25) is 0 Å². The minimum Gasteiger partial charge on any atom is -0.504 e. The Morgan fingerprint density at radius 2 is 1.57 bits per heavy atom. The van der Waals surface area contributed by atoms with Crippen LogP contribution in [0.4, 0.5) is 0 Å². The van der Waals surface area contributed by atoms with Crippen LogP contribution in [0.5, 0.6) is 0 Å². The Kier molecular flexibility index (Phi) is 1.74. The van der Waals surface area contributed by atoms with Crippen molar-refractivity contribution in [1.29, 1.82) is 0 Å². The van der Waals surface area contributed by atoms with E-state index in [0.717, 1.165) is 0 Å². The first kappa shape index (κ1) is 8.69. The molecule has 1 aliphatic carbocycles. The number of hydrogen-bond acceptors (Lipinski definition) is 3. The zero-order valence-electron chi connectivity index (χ0n) is 7.57. The second-order valence-electron chi connectivity index (χ2n) is 3.18. The molecule has 0 spiro atoms. The van der Waals surface area contributed by atoms with E-state index in [-0.39, 0.29) is 0 Å². The average molecular weight is 188 g/mol. The van der Waals surface area contributed by atoms with Crippen LogP contribution in [-0.2, 0) is 4.79 Å². The molecule has 1 N–H and O–H groups in total. The van der Waals surface area contributed by atoms with Crippen LogP contribution in [0.15, 0.2) is 30.0 Å². The van der Waals surface area contributed by atoms with Gasteiger partial charge in [-0.3, -0.25) is 9.59 Å². The highest BCUT2D eigenvalue weighted by Gasteiger charge is 2.30. The normalized spacial score (nSPS) is 15.8. The molecule has 0 bridgehead atoms. The Bertz CT molecular complexity index is 469. The van der Waals surface area contributed by atoms with Crippen molar-refractivity contribution >= 4 is 17.1 Å². The summed E-state index contributed by atoms with van der Waals surface area (Å²) in [5, 5.41) is 9.37. The van der Waals surface area contributed by atoms with Crippen molar-refractivity contribution in [2.75, 3.05) is 0 Å². The number of aliphatic hydroxyl groups is 1. The number of allylic oxidation sites excluding steroid dienone is 2. The van der Waals surface area contributed by atoms with Gasteiger partial charge >= 0.3 is 0 Å². The molecule has 0 aromatic heterocycles. The standard InChI is InChI=1S/C11H8O3/c1-6-7-4-2-3-5-8(7)10(13)11(14)9(6)12/h2-5,12H,1H3. The first-order valence-electron chi connectivity index (χ1n) is 4.21. The average Bonchev–Trinajstić information content (AvgIpc) is 2.23. The van der Waals surface area contributed by atoms with Crippen molar-refractivity contribution in [2.45, 2.75) is 6.92 Å². The number of hydrogen-bond donors (Lipinski definition) is 1. The van der Waals surface area contributed by atoms with Crippen molar-refractivity contribution < 1.29 is 14.7 Å². The summed E-state index contributed by atoms with van der Waals surface area (Å²) in [5.41, 5.74) is 1.47. The summed E-state index contributed by atoms with van der Waals surface area (Å²) in [5.74, 6) is -1.89. The highest BCUT2D eigenvalue weighted by molar-refractivity contribution is 6.51. The molecule has 1 aromatic rings. The lowest BCUT2D eigenvalue weighted by Crippen LogP contribution is -2.23. The molecular formula is C11H8O3. The lowest BCUT2D eigenvalue weighted by molar-refractivity contribution is -0.114. The summed E-state index contributed by atoms with van der Waals surface area (Å²) >= 11 is 0. The van der Waals surface area contributed by atoms with Crippen LogP contribution in [0.1, 0.15) is 22.8 Å². The molecule has 0 fully saturated rings. The van der Waals surface area contributed by atoms with Gasteiger partial charge in [0.05, 0.1) is 0 Å². The first-order valence-corrected chi connectivity index (χ1v) is 4.21.